The lowest BCUT2D eigenvalue weighted by Gasteiger charge is -2.34. The Bertz CT molecular complexity index is 729. The first kappa shape index (κ1) is 20.1. The van der Waals surface area contributed by atoms with Gasteiger partial charge < -0.3 is 9.64 Å². The van der Waals surface area contributed by atoms with Gasteiger partial charge in [-0.15, -0.1) is 0 Å². The lowest BCUT2D eigenvalue weighted by Crippen LogP contribution is -2.45. The topological polar surface area (TPSA) is 46.6 Å². The number of hydrogen-bond donors (Lipinski definition) is 0. The number of rotatable bonds is 7. The van der Waals surface area contributed by atoms with Gasteiger partial charge in [0.25, 0.3) is 0 Å². The number of ether oxygens (including phenoxy) is 1. The number of carbonyl (C=O) groups is 2. The molecule has 0 heterocycles. The van der Waals surface area contributed by atoms with E-state index in [4.69, 9.17) is 4.74 Å². The van der Waals surface area contributed by atoms with E-state index in [1.165, 1.54) is 7.11 Å². The van der Waals surface area contributed by atoms with Crippen LogP contribution in [0.5, 0.6) is 0 Å². The molecule has 1 amide bonds. The van der Waals surface area contributed by atoms with Gasteiger partial charge in [-0.2, -0.15) is 0 Å². The molecule has 0 N–H and O–H groups in total. The van der Waals surface area contributed by atoms with Crippen molar-refractivity contribution in [1.82, 2.24) is 4.90 Å². The summed E-state index contributed by atoms with van der Waals surface area (Å²) < 4.78 is 4.91. The fourth-order valence-corrected chi connectivity index (χ4v) is 4.14. The second-order valence-electron chi connectivity index (χ2n) is 7.61. The van der Waals surface area contributed by atoms with Gasteiger partial charge in [-0.05, 0) is 24.0 Å². The maximum Gasteiger partial charge on any atom is 0.310 e. The molecule has 148 valence electrons. The van der Waals surface area contributed by atoms with Gasteiger partial charge in [0.15, 0.2) is 0 Å². The molecule has 4 heteroatoms. The third kappa shape index (κ3) is 4.61. The van der Waals surface area contributed by atoms with Crippen LogP contribution in [0.2, 0.25) is 0 Å². The maximum absolute atomic E-state index is 13.9. The van der Waals surface area contributed by atoms with Gasteiger partial charge in [0.1, 0.15) is 0 Å². The number of nitrogens with zero attached hydrogens (tertiary/aromatic N) is 1. The third-order valence-corrected chi connectivity index (χ3v) is 5.64. The van der Waals surface area contributed by atoms with Crippen molar-refractivity contribution in [2.45, 2.75) is 44.6 Å². The van der Waals surface area contributed by atoms with Crippen molar-refractivity contribution >= 4 is 11.9 Å². The van der Waals surface area contributed by atoms with E-state index in [0.717, 1.165) is 36.8 Å². The lowest BCUT2D eigenvalue weighted by molar-refractivity contribution is -0.147. The Hall–Kier alpha value is -2.62. The number of hydrogen-bond acceptors (Lipinski definition) is 3. The molecule has 2 aromatic carbocycles. The van der Waals surface area contributed by atoms with Crippen LogP contribution in [-0.4, -0.2) is 36.5 Å². The van der Waals surface area contributed by atoms with E-state index in [1.54, 1.807) is 0 Å². The van der Waals surface area contributed by atoms with Gasteiger partial charge in [0.2, 0.25) is 5.91 Å². The van der Waals surface area contributed by atoms with Crippen LogP contribution in [-0.2, 0) is 14.3 Å². The van der Waals surface area contributed by atoms with Crippen molar-refractivity contribution in [2.75, 3.05) is 13.7 Å². The Kier molecular flexibility index (Phi) is 6.85. The SMILES string of the molecule is COC(=O)C(C)CN(C(=O)C(c1ccccc1)c1ccccc1)C1CCCC1. The molecule has 28 heavy (non-hydrogen) atoms. The first-order chi connectivity index (χ1) is 13.6. The zero-order valence-electron chi connectivity index (χ0n) is 16.7. The summed E-state index contributed by atoms with van der Waals surface area (Å²) in [5.74, 6) is -0.915. The molecule has 0 aromatic heterocycles. The van der Waals surface area contributed by atoms with Crippen LogP contribution in [0.3, 0.4) is 0 Å². The molecule has 1 fully saturated rings. The summed E-state index contributed by atoms with van der Waals surface area (Å²) in [4.78, 5) is 27.8. The van der Waals surface area contributed by atoms with E-state index in [-0.39, 0.29) is 29.8 Å². The third-order valence-electron chi connectivity index (χ3n) is 5.64. The van der Waals surface area contributed by atoms with Crippen molar-refractivity contribution in [3.63, 3.8) is 0 Å². The van der Waals surface area contributed by atoms with E-state index < -0.39 is 0 Å². The van der Waals surface area contributed by atoms with Gasteiger partial charge in [-0.1, -0.05) is 80.4 Å². The highest BCUT2D eigenvalue weighted by atomic mass is 16.5. The molecule has 0 bridgehead atoms. The molecule has 1 unspecified atom stereocenters. The predicted octanol–water partition coefficient (Wildman–Crippen LogP) is 4.40. The minimum absolute atomic E-state index is 0.0695. The highest BCUT2D eigenvalue weighted by molar-refractivity contribution is 5.88. The summed E-state index contributed by atoms with van der Waals surface area (Å²) >= 11 is 0. The average Bonchev–Trinajstić information content (AvgIpc) is 3.27. The molecule has 1 aliphatic rings. The molecule has 1 saturated carbocycles. The number of amides is 1. The van der Waals surface area contributed by atoms with Gasteiger partial charge in [0.05, 0.1) is 18.9 Å². The molecule has 1 aliphatic carbocycles. The summed E-state index contributed by atoms with van der Waals surface area (Å²) in [7, 11) is 1.40. The molecular formula is C24H29NO3. The Balaban J connectivity index is 1.96. The highest BCUT2D eigenvalue weighted by Gasteiger charge is 2.35. The smallest absolute Gasteiger partial charge is 0.310 e. The van der Waals surface area contributed by atoms with Crippen LogP contribution in [0.1, 0.15) is 49.7 Å². The standard InChI is InChI=1S/C24H29NO3/c1-18(24(27)28-2)17-25(21-15-9-10-16-21)23(26)22(19-11-5-3-6-12-19)20-13-7-4-8-14-20/h3-8,11-14,18,21-22H,9-10,15-17H2,1-2H3. The Labute approximate surface area is 167 Å². The van der Waals surface area contributed by atoms with Crippen LogP contribution in [0, 0.1) is 5.92 Å². The second-order valence-corrected chi connectivity index (χ2v) is 7.61. The van der Waals surface area contributed by atoms with Crippen LogP contribution in [0.15, 0.2) is 60.7 Å². The van der Waals surface area contributed by atoms with Crippen LogP contribution >= 0.6 is 0 Å². The number of carbonyl (C=O) groups excluding carboxylic acids is 2. The molecule has 1 atom stereocenters. The van der Waals surface area contributed by atoms with Gasteiger partial charge in [-0.3, -0.25) is 9.59 Å². The molecule has 0 radical (unpaired) electrons. The second kappa shape index (κ2) is 9.54. The lowest BCUT2D eigenvalue weighted by atomic mass is 9.89. The summed E-state index contributed by atoms with van der Waals surface area (Å²) in [5, 5.41) is 0. The molecule has 0 aliphatic heterocycles. The molecule has 0 spiro atoms. The fraction of sp³-hybridized carbons (Fsp3) is 0.417. The van der Waals surface area contributed by atoms with Gasteiger partial charge >= 0.3 is 5.97 Å². The first-order valence-corrected chi connectivity index (χ1v) is 10.1. The highest BCUT2D eigenvalue weighted by Crippen LogP contribution is 2.32. The summed E-state index contributed by atoms with van der Waals surface area (Å²) in [5.41, 5.74) is 1.96. The summed E-state index contributed by atoms with van der Waals surface area (Å²) in [6.45, 7) is 2.23. The minimum Gasteiger partial charge on any atom is -0.469 e. The summed E-state index contributed by atoms with van der Waals surface area (Å²) in [6, 6.07) is 20.0. The van der Waals surface area contributed by atoms with E-state index >= 15 is 0 Å². The summed E-state index contributed by atoms with van der Waals surface area (Å²) in [6.07, 6.45) is 4.25. The van der Waals surface area contributed by atoms with Gasteiger partial charge in [-0.25, -0.2) is 0 Å². The van der Waals surface area contributed by atoms with Gasteiger partial charge in [0, 0.05) is 12.6 Å². The van der Waals surface area contributed by atoms with Crippen molar-refractivity contribution in [1.29, 1.82) is 0 Å². The molecule has 4 nitrogen and oxygen atoms in total. The Morgan fingerprint density at radius 2 is 1.46 bits per heavy atom. The normalized spacial score (nSPS) is 15.4. The molecule has 2 aromatic rings. The van der Waals surface area contributed by atoms with Crippen LogP contribution in [0.25, 0.3) is 0 Å². The monoisotopic (exact) mass is 379 g/mol. The quantitative estimate of drug-likeness (QED) is 0.670. The largest absolute Gasteiger partial charge is 0.469 e. The molecule has 0 saturated heterocycles. The number of esters is 1. The van der Waals surface area contributed by atoms with Crippen molar-refractivity contribution in [3.8, 4) is 0 Å². The van der Waals surface area contributed by atoms with E-state index in [0.29, 0.717) is 6.54 Å². The number of methoxy groups -OCH3 is 1. The average molecular weight is 380 g/mol. The maximum atomic E-state index is 13.9. The van der Waals surface area contributed by atoms with Crippen molar-refractivity contribution in [3.05, 3.63) is 71.8 Å². The zero-order valence-corrected chi connectivity index (χ0v) is 16.7. The Morgan fingerprint density at radius 3 is 1.93 bits per heavy atom. The number of benzene rings is 2. The van der Waals surface area contributed by atoms with Crippen LogP contribution in [0.4, 0.5) is 0 Å². The zero-order chi connectivity index (χ0) is 19.9. The van der Waals surface area contributed by atoms with E-state index in [2.05, 4.69) is 0 Å². The Morgan fingerprint density at radius 1 is 0.964 bits per heavy atom. The minimum atomic E-state index is -0.368. The fourth-order valence-electron chi connectivity index (χ4n) is 4.14. The van der Waals surface area contributed by atoms with Crippen molar-refractivity contribution < 1.29 is 14.3 Å². The molecular weight excluding hydrogens is 350 g/mol. The van der Waals surface area contributed by atoms with Crippen LogP contribution < -0.4 is 0 Å². The van der Waals surface area contributed by atoms with E-state index in [1.807, 2.05) is 72.5 Å². The van der Waals surface area contributed by atoms with E-state index in [9.17, 15) is 9.59 Å². The molecule has 3 rings (SSSR count). The predicted molar refractivity (Wildman–Crippen MR) is 110 cm³/mol. The first-order valence-electron chi connectivity index (χ1n) is 10.1. The van der Waals surface area contributed by atoms with Crippen molar-refractivity contribution in [2.24, 2.45) is 5.92 Å².